The molecule has 0 aliphatic carbocycles. The number of amides is 1. The van der Waals surface area contributed by atoms with E-state index in [0.717, 1.165) is 34.6 Å². The van der Waals surface area contributed by atoms with Gasteiger partial charge in [-0.2, -0.15) is 0 Å². The van der Waals surface area contributed by atoms with Gasteiger partial charge in [0.15, 0.2) is 0 Å². The van der Waals surface area contributed by atoms with Crippen LogP contribution in [0.4, 0.5) is 11.4 Å². The van der Waals surface area contributed by atoms with Crippen molar-refractivity contribution in [2.45, 2.75) is 13.8 Å². The van der Waals surface area contributed by atoms with Crippen molar-refractivity contribution in [2.75, 3.05) is 16.8 Å². The number of benzene rings is 2. The van der Waals surface area contributed by atoms with E-state index in [0.29, 0.717) is 0 Å². The van der Waals surface area contributed by atoms with Gasteiger partial charge in [-0.15, -0.1) is 0 Å². The average molecular weight is 278 g/mol. The average Bonchev–Trinajstić information content (AvgIpc) is 2.80. The van der Waals surface area contributed by atoms with E-state index in [1.165, 1.54) is 0 Å². The topological polar surface area (TPSA) is 32.3 Å². The molecule has 3 nitrogen and oxygen atoms in total. The molecule has 0 saturated heterocycles. The molecule has 0 unspecified atom stereocenters. The number of carbonyl (C=O) groups is 1. The van der Waals surface area contributed by atoms with Crippen LogP contribution >= 0.6 is 0 Å². The van der Waals surface area contributed by atoms with Gasteiger partial charge in [0.1, 0.15) is 0 Å². The highest BCUT2D eigenvalue weighted by Crippen LogP contribution is 2.33. The van der Waals surface area contributed by atoms with Crippen molar-refractivity contribution in [3.63, 3.8) is 0 Å². The van der Waals surface area contributed by atoms with Gasteiger partial charge in [0.25, 0.3) is 5.91 Å². The quantitative estimate of drug-likeness (QED) is 0.866. The first-order valence-electron chi connectivity index (χ1n) is 7.15. The molecular formula is C18H18N2O. The maximum atomic E-state index is 12.2. The Hall–Kier alpha value is -2.55. The molecule has 1 aliphatic heterocycles. The summed E-state index contributed by atoms with van der Waals surface area (Å²) in [4.78, 5) is 14.3. The standard InChI is InChI=1S/C18H18N2O/c1-3-20(14-7-5-4-6-8-14)12-16-15-10-9-13(2)11-17(15)19-18(16)21/h4-12H,3H2,1-2H3,(H,19,21)/b16-12+. The van der Waals surface area contributed by atoms with Crippen LogP contribution in [0.2, 0.25) is 0 Å². The molecule has 3 heteroatoms. The fourth-order valence-electron chi connectivity index (χ4n) is 2.56. The summed E-state index contributed by atoms with van der Waals surface area (Å²) in [5, 5.41) is 2.94. The molecule has 1 aliphatic rings. The third-order valence-electron chi connectivity index (χ3n) is 3.67. The van der Waals surface area contributed by atoms with Crippen molar-refractivity contribution in [3.05, 3.63) is 65.9 Å². The smallest absolute Gasteiger partial charge is 0.257 e. The number of hydrogen-bond acceptors (Lipinski definition) is 2. The Kier molecular flexibility index (Phi) is 3.48. The van der Waals surface area contributed by atoms with E-state index < -0.39 is 0 Å². The zero-order chi connectivity index (χ0) is 14.8. The molecule has 0 spiro atoms. The van der Waals surface area contributed by atoms with E-state index in [1.54, 1.807) is 0 Å². The predicted octanol–water partition coefficient (Wildman–Crippen LogP) is 3.81. The van der Waals surface area contributed by atoms with Crippen molar-refractivity contribution in [2.24, 2.45) is 0 Å². The predicted molar refractivity (Wildman–Crippen MR) is 87.2 cm³/mol. The van der Waals surface area contributed by atoms with Crippen molar-refractivity contribution < 1.29 is 4.79 Å². The van der Waals surface area contributed by atoms with Crippen molar-refractivity contribution in [3.8, 4) is 0 Å². The Morgan fingerprint density at radius 3 is 2.62 bits per heavy atom. The number of fused-ring (bicyclic) bond motifs is 1. The molecule has 0 radical (unpaired) electrons. The zero-order valence-corrected chi connectivity index (χ0v) is 12.3. The summed E-state index contributed by atoms with van der Waals surface area (Å²) >= 11 is 0. The van der Waals surface area contributed by atoms with Crippen LogP contribution in [-0.4, -0.2) is 12.5 Å². The molecule has 2 aromatic carbocycles. The van der Waals surface area contributed by atoms with Crippen LogP contribution in [0.5, 0.6) is 0 Å². The fourth-order valence-corrected chi connectivity index (χ4v) is 2.56. The number of nitrogens with zero attached hydrogens (tertiary/aromatic N) is 1. The molecule has 2 aromatic rings. The Morgan fingerprint density at radius 1 is 1.14 bits per heavy atom. The van der Waals surface area contributed by atoms with Crippen LogP contribution in [0.25, 0.3) is 5.57 Å². The minimum atomic E-state index is -0.0371. The van der Waals surface area contributed by atoms with E-state index >= 15 is 0 Å². The van der Waals surface area contributed by atoms with Crippen molar-refractivity contribution in [1.29, 1.82) is 0 Å². The Labute approximate surface area is 124 Å². The number of aryl methyl sites for hydroxylation is 1. The fraction of sp³-hybridized carbons (Fsp3) is 0.167. The lowest BCUT2D eigenvalue weighted by Gasteiger charge is -2.19. The van der Waals surface area contributed by atoms with Gasteiger partial charge in [-0.3, -0.25) is 4.79 Å². The van der Waals surface area contributed by atoms with E-state index in [4.69, 9.17) is 0 Å². The third-order valence-corrected chi connectivity index (χ3v) is 3.67. The van der Waals surface area contributed by atoms with Crippen LogP contribution in [-0.2, 0) is 4.79 Å². The number of carbonyl (C=O) groups excluding carboxylic acids is 1. The molecule has 1 N–H and O–H groups in total. The normalized spacial score (nSPS) is 15.0. The molecule has 0 fully saturated rings. The van der Waals surface area contributed by atoms with Crippen LogP contribution in [0, 0.1) is 6.92 Å². The molecule has 0 atom stereocenters. The van der Waals surface area contributed by atoms with Gasteiger partial charge in [0, 0.05) is 29.7 Å². The van der Waals surface area contributed by atoms with Gasteiger partial charge < -0.3 is 10.2 Å². The summed E-state index contributed by atoms with van der Waals surface area (Å²) in [6, 6.07) is 16.1. The number of rotatable bonds is 3. The second-order valence-electron chi connectivity index (χ2n) is 5.17. The van der Waals surface area contributed by atoms with Crippen LogP contribution in [0.1, 0.15) is 18.1 Å². The summed E-state index contributed by atoms with van der Waals surface area (Å²) in [5.74, 6) is -0.0371. The van der Waals surface area contributed by atoms with Gasteiger partial charge in [0.2, 0.25) is 0 Å². The van der Waals surface area contributed by atoms with E-state index in [1.807, 2.05) is 61.7 Å². The lowest BCUT2D eigenvalue weighted by atomic mass is 10.1. The van der Waals surface area contributed by atoms with Gasteiger partial charge >= 0.3 is 0 Å². The number of para-hydroxylation sites is 1. The molecule has 0 aromatic heterocycles. The number of nitrogens with one attached hydrogen (secondary N) is 1. The van der Waals surface area contributed by atoms with Crippen LogP contribution in [0.15, 0.2) is 54.7 Å². The van der Waals surface area contributed by atoms with Gasteiger partial charge in [-0.25, -0.2) is 0 Å². The maximum Gasteiger partial charge on any atom is 0.257 e. The van der Waals surface area contributed by atoms with E-state index in [-0.39, 0.29) is 5.91 Å². The minimum absolute atomic E-state index is 0.0371. The number of anilines is 2. The first kappa shape index (κ1) is 13.4. The molecule has 0 saturated carbocycles. The second kappa shape index (κ2) is 5.44. The minimum Gasteiger partial charge on any atom is -0.347 e. The highest BCUT2D eigenvalue weighted by Gasteiger charge is 2.24. The Balaban J connectivity index is 2.01. The monoisotopic (exact) mass is 278 g/mol. The summed E-state index contributed by atoms with van der Waals surface area (Å²) in [6.07, 6.45) is 1.94. The highest BCUT2D eigenvalue weighted by atomic mass is 16.2. The molecular weight excluding hydrogens is 260 g/mol. The van der Waals surface area contributed by atoms with Gasteiger partial charge in [-0.05, 0) is 37.6 Å². The number of hydrogen-bond donors (Lipinski definition) is 1. The first-order valence-corrected chi connectivity index (χ1v) is 7.15. The lowest BCUT2D eigenvalue weighted by Crippen LogP contribution is -2.17. The molecule has 0 bridgehead atoms. The Bertz CT molecular complexity index is 704. The van der Waals surface area contributed by atoms with Crippen LogP contribution < -0.4 is 10.2 Å². The summed E-state index contributed by atoms with van der Waals surface area (Å²) in [6.45, 7) is 4.91. The van der Waals surface area contributed by atoms with Crippen LogP contribution in [0.3, 0.4) is 0 Å². The third kappa shape index (κ3) is 2.55. The molecule has 21 heavy (non-hydrogen) atoms. The first-order chi connectivity index (χ1) is 10.2. The Morgan fingerprint density at radius 2 is 1.90 bits per heavy atom. The van der Waals surface area contributed by atoms with E-state index in [9.17, 15) is 4.79 Å². The lowest BCUT2D eigenvalue weighted by molar-refractivity contribution is -0.110. The second-order valence-corrected chi connectivity index (χ2v) is 5.17. The molecule has 3 rings (SSSR count). The summed E-state index contributed by atoms with van der Waals surface area (Å²) in [5.41, 5.74) is 4.82. The zero-order valence-electron chi connectivity index (χ0n) is 12.3. The van der Waals surface area contributed by atoms with Crippen molar-refractivity contribution in [1.82, 2.24) is 0 Å². The van der Waals surface area contributed by atoms with E-state index in [2.05, 4.69) is 17.1 Å². The summed E-state index contributed by atoms with van der Waals surface area (Å²) < 4.78 is 0. The molecule has 1 amide bonds. The largest absolute Gasteiger partial charge is 0.347 e. The van der Waals surface area contributed by atoms with Gasteiger partial charge in [0.05, 0.1) is 5.57 Å². The van der Waals surface area contributed by atoms with Gasteiger partial charge in [-0.1, -0.05) is 30.3 Å². The molecule has 1 heterocycles. The highest BCUT2D eigenvalue weighted by molar-refractivity contribution is 6.31. The summed E-state index contributed by atoms with van der Waals surface area (Å²) in [7, 11) is 0. The molecule has 106 valence electrons. The maximum absolute atomic E-state index is 12.2. The van der Waals surface area contributed by atoms with Crippen molar-refractivity contribution >= 4 is 22.9 Å². The SMILES string of the molecule is CCN(/C=C1/C(=O)Nc2cc(C)ccc21)c1ccccc1.